The number of hydrogen-bond donors (Lipinski definition) is 5. The van der Waals surface area contributed by atoms with E-state index in [-0.39, 0.29) is 25.5 Å². The van der Waals surface area contributed by atoms with Crippen LogP contribution in [0, 0.1) is 0 Å². The summed E-state index contributed by atoms with van der Waals surface area (Å²) in [5.41, 5.74) is 0. The summed E-state index contributed by atoms with van der Waals surface area (Å²) in [6.07, 6.45) is 35.9. The zero-order chi connectivity index (χ0) is 57.8. The van der Waals surface area contributed by atoms with Gasteiger partial charge in [-0.2, -0.15) is 0 Å². The van der Waals surface area contributed by atoms with Gasteiger partial charge in [-0.05, 0) is 38.5 Å². The lowest BCUT2D eigenvalue weighted by Gasteiger charge is -2.33. The second-order valence-corrected chi connectivity index (χ2v) is 23.6. The van der Waals surface area contributed by atoms with Crippen molar-refractivity contribution in [3.8, 4) is 0 Å². The van der Waals surface area contributed by atoms with Gasteiger partial charge in [-0.1, -0.05) is 259 Å². The molecule has 0 saturated carbocycles. The van der Waals surface area contributed by atoms with Crippen LogP contribution in [-0.2, 0) is 47.3 Å². The van der Waals surface area contributed by atoms with Crippen molar-refractivity contribution in [1.82, 2.24) is 5.32 Å². The predicted molar refractivity (Wildman–Crippen MR) is 313 cm³/mol. The molecule has 0 heterocycles. The number of amides is 1. The Morgan fingerprint density at radius 2 is 0.744 bits per heavy atom. The van der Waals surface area contributed by atoms with Gasteiger partial charge in [-0.15, -0.1) is 0 Å². The fourth-order valence-corrected chi connectivity index (χ4v) is 10.7. The first-order valence-electron chi connectivity index (χ1n) is 32.1. The topological polar surface area (TPSA) is 232 Å². The Hall–Kier alpha value is -2.42. The molecule has 0 aromatic carbocycles. The van der Waals surface area contributed by atoms with Gasteiger partial charge in [0, 0.05) is 12.8 Å². The lowest BCUT2D eigenvalue weighted by atomic mass is 10.0. The molecule has 0 aromatic rings. The van der Waals surface area contributed by atoms with E-state index in [1.165, 1.54) is 141 Å². The van der Waals surface area contributed by atoms with Crippen molar-refractivity contribution < 1.29 is 67.3 Å². The fourth-order valence-electron chi connectivity index (χ4n) is 10.1. The van der Waals surface area contributed by atoms with Gasteiger partial charge in [0.25, 0.3) is 0 Å². The molecular weight excluding hydrogens is 1010 g/mol. The zero-order valence-corrected chi connectivity index (χ0v) is 51.0. The third kappa shape index (κ3) is 47.2. The van der Waals surface area contributed by atoms with E-state index in [4.69, 9.17) is 18.7 Å². The number of carbonyl (C=O) groups is 5. The maximum absolute atomic E-state index is 13.9. The van der Waals surface area contributed by atoms with Crippen LogP contribution >= 0.6 is 7.82 Å². The van der Waals surface area contributed by atoms with E-state index >= 15 is 0 Å². The molecule has 0 aliphatic rings. The Balaban J connectivity index is 6.12. The molecule has 0 aromatic heterocycles. The number of phosphoric acid groups is 1. The van der Waals surface area contributed by atoms with Crippen molar-refractivity contribution in [3.63, 3.8) is 0 Å². The summed E-state index contributed by atoms with van der Waals surface area (Å²) in [6, 6.07) is -1.85. The molecule has 0 radical (unpaired) electrons. The number of ether oxygens (including phenoxy) is 3. The molecule has 16 heteroatoms. The van der Waals surface area contributed by atoms with Gasteiger partial charge in [0.1, 0.15) is 36.7 Å². The minimum Gasteiger partial charge on any atom is -0.462 e. The van der Waals surface area contributed by atoms with E-state index in [1.54, 1.807) is 0 Å². The van der Waals surface area contributed by atoms with Gasteiger partial charge in [-0.3, -0.25) is 23.7 Å². The number of nitrogens with one attached hydrogen (secondary N) is 1. The Kier molecular flexibility index (Phi) is 52.2. The molecule has 0 aliphatic carbocycles. The maximum Gasteiger partial charge on any atom is 0.470 e. The molecule has 15 nitrogen and oxygen atoms in total. The molecule has 0 fully saturated rings. The van der Waals surface area contributed by atoms with Crippen molar-refractivity contribution >= 4 is 37.9 Å². The third-order valence-electron chi connectivity index (χ3n) is 14.9. The second kappa shape index (κ2) is 53.9. The number of carbonyl (C=O) groups excluding carboxylic acids is 5. The Morgan fingerprint density at radius 1 is 0.436 bits per heavy atom. The predicted octanol–water partition coefficient (Wildman–Crippen LogP) is 15.3. The van der Waals surface area contributed by atoms with Gasteiger partial charge in [0.05, 0.1) is 19.4 Å². The summed E-state index contributed by atoms with van der Waals surface area (Å²) >= 11 is 0. The highest BCUT2D eigenvalue weighted by molar-refractivity contribution is 7.46. The lowest BCUT2D eigenvalue weighted by molar-refractivity contribution is -0.169. The average Bonchev–Trinajstić information content (AvgIpc) is 3.40. The lowest BCUT2D eigenvalue weighted by Crippen LogP contribution is -2.56. The summed E-state index contributed by atoms with van der Waals surface area (Å²) in [4.78, 5) is 87.0. The summed E-state index contributed by atoms with van der Waals surface area (Å²) in [6.45, 7) is 7.67. The number of phosphoric ester groups is 1. The van der Waals surface area contributed by atoms with Crippen LogP contribution in [0.2, 0.25) is 0 Å². The molecule has 5 N–H and O–H groups in total. The number of aliphatic hydroxyl groups excluding tert-OH is 2. The van der Waals surface area contributed by atoms with Crippen molar-refractivity contribution in [1.29, 1.82) is 0 Å². The number of hydrogen-bond acceptors (Lipinski definition) is 12. The highest BCUT2D eigenvalue weighted by atomic mass is 31.2. The van der Waals surface area contributed by atoms with E-state index in [2.05, 4.69) is 33.0 Å². The Morgan fingerprint density at radius 3 is 1.05 bits per heavy atom. The Labute approximate surface area is 475 Å². The first kappa shape index (κ1) is 75.6. The fraction of sp³-hybridized carbons (Fsp3) is 0.919. The van der Waals surface area contributed by atoms with Gasteiger partial charge in [-0.25, -0.2) is 4.57 Å². The largest absolute Gasteiger partial charge is 0.470 e. The number of aliphatic hydroxyl groups is 2. The minimum atomic E-state index is -5.49. The molecule has 0 aliphatic heterocycles. The number of rotatable bonds is 59. The molecule has 1 amide bonds. The molecule has 0 saturated heterocycles. The van der Waals surface area contributed by atoms with Crippen LogP contribution in [0.25, 0.3) is 0 Å². The average molecular weight is 1130 g/mol. The van der Waals surface area contributed by atoms with Gasteiger partial charge in [0.2, 0.25) is 5.91 Å². The van der Waals surface area contributed by atoms with Crippen molar-refractivity contribution in [2.24, 2.45) is 0 Å². The Bertz CT molecular complexity index is 1480. The molecule has 78 heavy (non-hydrogen) atoms. The summed E-state index contributed by atoms with van der Waals surface area (Å²) in [5, 5.41) is 23.3. The van der Waals surface area contributed by atoms with Crippen LogP contribution in [-0.4, -0.2) is 93.3 Å². The quantitative estimate of drug-likeness (QED) is 0.0125. The molecule has 0 rings (SSSR count). The molecule has 460 valence electrons. The highest BCUT2D eigenvalue weighted by Gasteiger charge is 2.43. The summed E-state index contributed by atoms with van der Waals surface area (Å²) < 4.78 is 34.7. The van der Waals surface area contributed by atoms with Crippen molar-refractivity contribution in [2.45, 2.75) is 360 Å². The molecule has 6 atom stereocenters. The van der Waals surface area contributed by atoms with Crippen LogP contribution in [0.1, 0.15) is 323 Å². The smallest absolute Gasteiger partial charge is 0.462 e. The van der Waals surface area contributed by atoms with Crippen LogP contribution < -0.4 is 5.32 Å². The van der Waals surface area contributed by atoms with E-state index in [1.807, 2.05) is 0 Å². The first-order chi connectivity index (χ1) is 37.7. The van der Waals surface area contributed by atoms with Crippen molar-refractivity contribution in [3.05, 3.63) is 0 Å². The zero-order valence-electron chi connectivity index (χ0n) is 50.1. The number of aldehydes is 1. The molecular formula is C62H118NO14P. The van der Waals surface area contributed by atoms with Crippen LogP contribution in [0.4, 0.5) is 0 Å². The van der Waals surface area contributed by atoms with E-state index in [0.717, 1.165) is 89.9 Å². The number of unbranched alkanes of at least 4 members (excludes halogenated alkanes) is 36. The summed E-state index contributed by atoms with van der Waals surface area (Å²) in [5.74, 6) is -2.74. The van der Waals surface area contributed by atoms with Crippen molar-refractivity contribution in [2.75, 3.05) is 6.61 Å². The number of esters is 3. The minimum absolute atomic E-state index is 0.165. The maximum atomic E-state index is 13.9. The van der Waals surface area contributed by atoms with Crippen LogP contribution in [0.15, 0.2) is 0 Å². The highest BCUT2D eigenvalue weighted by Crippen LogP contribution is 2.40. The SMILES string of the molecule is CCCCCCCCCCCCCC(=O)O[C@H](CCCCCCCCCCC)CC(=O)N[C@@H](C=O)C(OC(=O)C[C@@H](CCCCCCCCCCC)OC(=O)CCCCCCCCCCCCC)[C@@H](OP(=O)(O)O)[C@H](O)CO. The monoisotopic (exact) mass is 1130 g/mol. The normalized spacial score (nSPS) is 14.1. The van der Waals surface area contributed by atoms with Crippen LogP contribution in [0.5, 0.6) is 0 Å². The standard InChI is InChI=1S/C62H118NO14P/c1-5-9-13-17-21-25-27-31-35-39-43-47-58(68)74-53(45-41-37-33-29-23-19-15-11-7-3)49-57(67)63-55(51-64)61(62(56(66)52-65)77-78(71,72)73)76-60(70)50-54(46-42-38-34-30-24-20-16-12-8-4)75-59(69)48-44-40-36-32-28-26-22-18-14-10-6-2/h51,53-56,61-62,65-66H,5-50,52H2,1-4H3,(H,63,67)(H2,71,72,73)/t53-,54-,55+,56-,61?,62+/m1/s1. The third-order valence-corrected chi connectivity index (χ3v) is 15.4. The first-order valence-corrected chi connectivity index (χ1v) is 33.6. The van der Waals surface area contributed by atoms with Gasteiger partial charge in [0.15, 0.2) is 6.10 Å². The van der Waals surface area contributed by atoms with E-state index in [0.29, 0.717) is 38.5 Å². The second-order valence-electron chi connectivity index (χ2n) is 22.4. The molecule has 0 bridgehead atoms. The van der Waals surface area contributed by atoms with Gasteiger partial charge < -0.3 is 44.3 Å². The van der Waals surface area contributed by atoms with E-state index in [9.17, 15) is 48.5 Å². The summed E-state index contributed by atoms with van der Waals surface area (Å²) in [7, 11) is -5.49. The van der Waals surface area contributed by atoms with Gasteiger partial charge >= 0.3 is 25.7 Å². The van der Waals surface area contributed by atoms with Crippen LogP contribution in [0.3, 0.4) is 0 Å². The molecule has 0 spiro atoms. The van der Waals surface area contributed by atoms with E-state index < -0.39 is 81.2 Å². The molecule has 1 unspecified atom stereocenters.